The number of nitrogens with two attached hydrogens (primary N) is 1. The lowest BCUT2D eigenvalue weighted by molar-refractivity contribution is 0.407. The Kier molecular flexibility index (Phi) is 2.81. The molecule has 2 aromatic rings. The molecule has 16 heavy (non-hydrogen) atoms. The maximum absolute atomic E-state index is 5.76. The van der Waals surface area contributed by atoms with Crippen LogP contribution in [0.4, 0.5) is 5.69 Å². The molecule has 0 atom stereocenters. The molecule has 0 amide bonds. The summed E-state index contributed by atoms with van der Waals surface area (Å²) < 4.78 is 7.15. The van der Waals surface area contributed by atoms with E-state index in [1.807, 2.05) is 42.2 Å². The molecule has 0 fully saturated rings. The van der Waals surface area contributed by atoms with Crippen LogP contribution in [-0.4, -0.2) is 16.9 Å². The van der Waals surface area contributed by atoms with Gasteiger partial charge in [0.25, 0.3) is 0 Å². The van der Waals surface area contributed by atoms with Crippen molar-refractivity contribution in [2.45, 2.75) is 13.5 Å². The van der Waals surface area contributed by atoms with Gasteiger partial charge in [0, 0.05) is 17.4 Å². The molecule has 2 N–H and O–H groups in total. The van der Waals surface area contributed by atoms with E-state index in [1.165, 1.54) is 0 Å². The number of nitrogens with zero attached hydrogens (tertiary/aromatic N) is 2. The lowest BCUT2D eigenvalue weighted by Crippen LogP contribution is -2.03. The summed E-state index contributed by atoms with van der Waals surface area (Å²) in [6, 6.07) is 5.62. The van der Waals surface area contributed by atoms with Gasteiger partial charge in [-0.3, -0.25) is 4.68 Å². The van der Waals surface area contributed by atoms with Crippen LogP contribution in [-0.2, 0) is 6.54 Å². The van der Waals surface area contributed by atoms with Gasteiger partial charge in [-0.05, 0) is 30.7 Å². The second-order valence-electron chi connectivity index (χ2n) is 3.79. The smallest absolute Gasteiger partial charge is 0.124 e. The molecule has 0 aliphatic carbocycles. The largest absolute Gasteiger partial charge is 0.496 e. The number of benzene rings is 1. The van der Waals surface area contributed by atoms with E-state index in [4.69, 9.17) is 10.5 Å². The van der Waals surface area contributed by atoms with Crippen LogP contribution in [0.15, 0.2) is 30.6 Å². The molecule has 1 aromatic heterocycles. The molecule has 4 heteroatoms. The quantitative estimate of drug-likeness (QED) is 0.798. The van der Waals surface area contributed by atoms with Gasteiger partial charge >= 0.3 is 0 Å². The topological polar surface area (TPSA) is 53.1 Å². The first-order valence-corrected chi connectivity index (χ1v) is 5.10. The highest BCUT2D eigenvalue weighted by atomic mass is 16.5. The summed E-state index contributed by atoms with van der Waals surface area (Å²) in [4.78, 5) is 0. The summed E-state index contributed by atoms with van der Waals surface area (Å²) in [6.07, 6.45) is 3.82. The molecule has 0 radical (unpaired) electrons. The molecule has 2 rings (SSSR count). The van der Waals surface area contributed by atoms with E-state index in [-0.39, 0.29) is 0 Å². The molecule has 0 aliphatic rings. The molecule has 0 unspecified atom stereocenters. The van der Waals surface area contributed by atoms with Crippen LogP contribution >= 0.6 is 0 Å². The zero-order chi connectivity index (χ0) is 11.5. The maximum atomic E-state index is 5.76. The van der Waals surface area contributed by atoms with Crippen molar-refractivity contribution in [1.29, 1.82) is 0 Å². The van der Waals surface area contributed by atoms with E-state index in [0.717, 1.165) is 22.6 Å². The summed E-state index contributed by atoms with van der Waals surface area (Å²) in [6.45, 7) is 2.68. The van der Waals surface area contributed by atoms with Crippen LogP contribution < -0.4 is 10.5 Å². The van der Waals surface area contributed by atoms with Crippen LogP contribution in [0.25, 0.3) is 0 Å². The van der Waals surface area contributed by atoms with Gasteiger partial charge in [0.1, 0.15) is 5.75 Å². The van der Waals surface area contributed by atoms with Crippen molar-refractivity contribution < 1.29 is 4.74 Å². The first kappa shape index (κ1) is 10.5. The molecule has 0 saturated carbocycles. The Morgan fingerprint density at radius 3 is 2.88 bits per heavy atom. The minimum Gasteiger partial charge on any atom is -0.496 e. The van der Waals surface area contributed by atoms with E-state index in [9.17, 15) is 0 Å². The Hall–Kier alpha value is -1.97. The lowest BCUT2D eigenvalue weighted by Gasteiger charge is -2.09. The van der Waals surface area contributed by atoms with Crippen molar-refractivity contribution in [3.8, 4) is 5.75 Å². The average molecular weight is 217 g/mol. The predicted octanol–water partition coefficient (Wildman–Crippen LogP) is 1.83. The normalized spacial score (nSPS) is 10.4. The summed E-state index contributed by atoms with van der Waals surface area (Å²) in [5.41, 5.74) is 8.67. The van der Waals surface area contributed by atoms with Crippen molar-refractivity contribution in [2.75, 3.05) is 12.8 Å². The summed E-state index contributed by atoms with van der Waals surface area (Å²) in [5.74, 6) is 0.836. The third-order valence-corrected chi connectivity index (χ3v) is 2.40. The van der Waals surface area contributed by atoms with Gasteiger partial charge in [-0.25, -0.2) is 0 Å². The molecule has 84 valence electrons. The SMILES string of the molecule is COc1ccc(N)cc1Cn1cc(C)cn1. The standard InChI is InChI=1S/C12H15N3O/c1-9-6-14-15(7-9)8-10-5-11(13)3-4-12(10)16-2/h3-7H,8,13H2,1-2H3. The number of aryl methyl sites for hydroxylation is 1. The number of anilines is 1. The number of aromatic nitrogens is 2. The second-order valence-corrected chi connectivity index (χ2v) is 3.79. The number of hydrogen-bond donors (Lipinski definition) is 1. The van der Waals surface area contributed by atoms with Gasteiger partial charge in [0.05, 0.1) is 19.9 Å². The third kappa shape index (κ3) is 2.16. The molecule has 0 bridgehead atoms. The van der Waals surface area contributed by atoms with E-state index in [2.05, 4.69) is 5.10 Å². The number of hydrogen-bond acceptors (Lipinski definition) is 3. The molecular weight excluding hydrogens is 202 g/mol. The van der Waals surface area contributed by atoms with Crippen molar-refractivity contribution in [3.05, 3.63) is 41.7 Å². The van der Waals surface area contributed by atoms with Crippen LogP contribution in [0.3, 0.4) is 0 Å². The lowest BCUT2D eigenvalue weighted by atomic mass is 10.2. The molecular formula is C12H15N3O. The average Bonchev–Trinajstić information content (AvgIpc) is 2.64. The molecule has 0 aliphatic heterocycles. The van der Waals surface area contributed by atoms with Crippen LogP contribution in [0, 0.1) is 6.92 Å². The summed E-state index contributed by atoms with van der Waals surface area (Å²) in [7, 11) is 1.66. The van der Waals surface area contributed by atoms with Gasteiger partial charge in [-0.2, -0.15) is 5.10 Å². The fourth-order valence-corrected chi connectivity index (χ4v) is 1.65. The van der Waals surface area contributed by atoms with Crippen molar-refractivity contribution in [3.63, 3.8) is 0 Å². The summed E-state index contributed by atoms with van der Waals surface area (Å²) >= 11 is 0. The zero-order valence-electron chi connectivity index (χ0n) is 9.47. The Bertz CT molecular complexity index is 491. The van der Waals surface area contributed by atoms with E-state index in [1.54, 1.807) is 7.11 Å². The van der Waals surface area contributed by atoms with E-state index < -0.39 is 0 Å². The highest BCUT2D eigenvalue weighted by Crippen LogP contribution is 2.21. The van der Waals surface area contributed by atoms with Gasteiger partial charge in [-0.1, -0.05) is 0 Å². The predicted molar refractivity (Wildman–Crippen MR) is 63.5 cm³/mol. The Morgan fingerprint density at radius 1 is 1.44 bits per heavy atom. The Morgan fingerprint density at radius 2 is 2.25 bits per heavy atom. The van der Waals surface area contributed by atoms with E-state index in [0.29, 0.717) is 6.54 Å². The highest BCUT2D eigenvalue weighted by Gasteiger charge is 2.04. The third-order valence-electron chi connectivity index (χ3n) is 2.40. The van der Waals surface area contributed by atoms with Crippen LogP contribution in [0.2, 0.25) is 0 Å². The molecule has 0 saturated heterocycles. The number of methoxy groups -OCH3 is 1. The Balaban J connectivity index is 2.29. The minimum absolute atomic E-state index is 0.669. The zero-order valence-corrected chi connectivity index (χ0v) is 9.47. The highest BCUT2D eigenvalue weighted by molar-refractivity contribution is 5.47. The summed E-state index contributed by atoms with van der Waals surface area (Å²) in [5, 5.41) is 4.24. The molecule has 4 nitrogen and oxygen atoms in total. The second kappa shape index (κ2) is 4.26. The Labute approximate surface area is 94.6 Å². The van der Waals surface area contributed by atoms with Crippen LogP contribution in [0.5, 0.6) is 5.75 Å². The number of ether oxygens (including phenoxy) is 1. The first-order chi connectivity index (χ1) is 7.69. The molecule has 0 spiro atoms. The monoisotopic (exact) mass is 217 g/mol. The van der Waals surface area contributed by atoms with Gasteiger partial charge in [0.15, 0.2) is 0 Å². The fraction of sp³-hybridized carbons (Fsp3) is 0.250. The maximum Gasteiger partial charge on any atom is 0.124 e. The first-order valence-electron chi connectivity index (χ1n) is 5.10. The number of rotatable bonds is 3. The molecule has 1 heterocycles. The van der Waals surface area contributed by atoms with Crippen LogP contribution in [0.1, 0.15) is 11.1 Å². The van der Waals surface area contributed by atoms with Crippen molar-refractivity contribution in [1.82, 2.24) is 9.78 Å². The van der Waals surface area contributed by atoms with Gasteiger partial charge in [-0.15, -0.1) is 0 Å². The number of nitrogen functional groups attached to an aromatic ring is 1. The van der Waals surface area contributed by atoms with Gasteiger partial charge < -0.3 is 10.5 Å². The fourth-order valence-electron chi connectivity index (χ4n) is 1.65. The van der Waals surface area contributed by atoms with Crippen molar-refractivity contribution >= 4 is 5.69 Å². The minimum atomic E-state index is 0.669. The molecule has 1 aromatic carbocycles. The van der Waals surface area contributed by atoms with Gasteiger partial charge in [0.2, 0.25) is 0 Å². The van der Waals surface area contributed by atoms with Crippen molar-refractivity contribution in [2.24, 2.45) is 0 Å². The van der Waals surface area contributed by atoms with E-state index >= 15 is 0 Å².